The summed E-state index contributed by atoms with van der Waals surface area (Å²) in [5.74, 6) is -4.55. The third-order valence-electron chi connectivity index (χ3n) is 5.29. The molecular weight excluding hydrogens is 444 g/mol. The maximum absolute atomic E-state index is 13.2. The van der Waals surface area contributed by atoms with E-state index in [9.17, 15) is 45.6 Å². The summed E-state index contributed by atoms with van der Waals surface area (Å²) in [7, 11) is 0. The maximum atomic E-state index is 13.2. The molecule has 0 aliphatic carbocycles. The molecule has 1 aliphatic rings. The van der Waals surface area contributed by atoms with E-state index in [1.807, 2.05) is 0 Å². The zero-order valence-electron chi connectivity index (χ0n) is 16.9. The number of aromatic hydroxyl groups is 5. The molecule has 1 aromatic heterocycles. The van der Waals surface area contributed by atoms with Crippen LogP contribution < -0.4 is 10.2 Å². The minimum atomic E-state index is -1.80. The summed E-state index contributed by atoms with van der Waals surface area (Å²) < 4.78 is 16.5. The lowest BCUT2D eigenvalue weighted by Gasteiger charge is -2.38. The smallest absolute Gasteiger partial charge is 0.239 e. The zero-order valence-corrected chi connectivity index (χ0v) is 16.9. The molecule has 0 spiro atoms. The van der Waals surface area contributed by atoms with Crippen LogP contribution in [0, 0.1) is 0 Å². The van der Waals surface area contributed by atoms with Crippen molar-refractivity contribution in [2.75, 3.05) is 0 Å². The van der Waals surface area contributed by atoms with E-state index >= 15 is 0 Å². The molecule has 0 radical (unpaired) electrons. The number of rotatable bonds is 3. The summed E-state index contributed by atoms with van der Waals surface area (Å²) in [6.45, 7) is 1.39. The molecule has 0 amide bonds. The van der Waals surface area contributed by atoms with Crippen LogP contribution in [0.3, 0.4) is 0 Å². The minimum absolute atomic E-state index is 0.168. The summed E-state index contributed by atoms with van der Waals surface area (Å²) >= 11 is 0. The molecule has 12 nitrogen and oxygen atoms in total. The summed E-state index contributed by atoms with van der Waals surface area (Å²) in [6.07, 6.45) is -7.59. The van der Waals surface area contributed by atoms with Gasteiger partial charge in [-0.3, -0.25) is 4.79 Å². The van der Waals surface area contributed by atoms with Gasteiger partial charge in [-0.05, 0) is 19.1 Å². The number of fused-ring (bicyclic) bond motifs is 1. The highest BCUT2D eigenvalue weighted by atomic mass is 16.7. The van der Waals surface area contributed by atoms with Gasteiger partial charge in [-0.1, -0.05) is 0 Å². The molecule has 0 saturated carbocycles. The average molecular weight is 464 g/mol. The van der Waals surface area contributed by atoms with Gasteiger partial charge in [0.25, 0.3) is 0 Å². The number of phenolic OH excluding ortho intramolecular Hbond substituents is 5. The highest BCUT2D eigenvalue weighted by Gasteiger charge is 2.44. The second kappa shape index (κ2) is 8.01. The molecule has 2 heterocycles. The van der Waals surface area contributed by atoms with Gasteiger partial charge in [-0.15, -0.1) is 0 Å². The number of hydrogen-bond acceptors (Lipinski definition) is 12. The van der Waals surface area contributed by atoms with Crippen LogP contribution >= 0.6 is 0 Å². The number of ether oxygens (including phenoxy) is 2. The Labute approximate surface area is 184 Å². The van der Waals surface area contributed by atoms with Crippen LogP contribution in [0.25, 0.3) is 22.3 Å². The van der Waals surface area contributed by atoms with Crippen molar-refractivity contribution in [1.82, 2.24) is 0 Å². The van der Waals surface area contributed by atoms with Gasteiger partial charge in [0, 0.05) is 17.7 Å². The minimum Gasteiger partial charge on any atom is -0.508 e. The monoisotopic (exact) mass is 464 g/mol. The van der Waals surface area contributed by atoms with Crippen molar-refractivity contribution in [3.8, 4) is 45.8 Å². The van der Waals surface area contributed by atoms with Crippen LogP contribution in [0.15, 0.2) is 33.5 Å². The lowest BCUT2D eigenvalue weighted by molar-refractivity contribution is -0.268. The van der Waals surface area contributed by atoms with Crippen LogP contribution in [-0.2, 0) is 4.74 Å². The van der Waals surface area contributed by atoms with Gasteiger partial charge in [0.2, 0.25) is 17.5 Å². The Balaban J connectivity index is 1.95. The van der Waals surface area contributed by atoms with E-state index in [2.05, 4.69) is 0 Å². The fourth-order valence-electron chi connectivity index (χ4n) is 3.53. The fraction of sp³-hybridized carbons (Fsp3) is 0.286. The molecule has 3 aromatic rings. The molecule has 1 fully saturated rings. The van der Waals surface area contributed by atoms with Gasteiger partial charge in [-0.25, -0.2) is 0 Å². The first-order valence-electron chi connectivity index (χ1n) is 9.64. The first-order chi connectivity index (χ1) is 15.5. The third kappa shape index (κ3) is 3.74. The summed E-state index contributed by atoms with van der Waals surface area (Å²) in [6, 6.07) is 3.79. The van der Waals surface area contributed by atoms with Crippen molar-refractivity contribution in [1.29, 1.82) is 0 Å². The van der Waals surface area contributed by atoms with Crippen LogP contribution in [-0.4, -0.2) is 71.6 Å². The predicted molar refractivity (Wildman–Crippen MR) is 109 cm³/mol. The predicted octanol–water partition coefficient (Wildman–Crippen LogP) is 0.194. The third-order valence-corrected chi connectivity index (χ3v) is 5.29. The van der Waals surface area contributed by atoms with E-state index < -0.39 is 81.8 Å². The van der Waals surface area contributed by atoms with Crippen LogP contribution in [0.1, 0.15) is 6.92 Å². The maximum Gasteiger partial charge on any atom is 0.239 e. The Bertz CT molecular complexity index is 1260. The Morgan fingerprint density at radius 3 is 2.12 bits per heavy atom. The van der Waals surface area contributed by atoms with Crippen molar-refractivity contribution >= 4 is 11.0 Å². The number of phenols is 5. The van der Waals surface area contributed by atoms with Crippen LogP contribution in [0.5, 0.6) is 34.5 Å². The molecule has 8 N–H and O–H groups in total. The lowest BCUT2D eigenvalue weighted by Crippen LogP contribution is -2.58. The second-order valence-electron chi connectivity index (χ2n) is 7.59. The van der Waals surface area contributed by atoms with E-state index in [1.54, 1.807) is 0 Å². The van der Waals surface area contributed by atoms with Crippen LogP contribution in [0.2, 0.25) is 0 Å². The average Bonchev–Trinajstić information content (AvgIpc) is 2.74. The fourth-order valence-corrected chi connectivity index (χ4v) is 3.53. The van der Waals surface area contributed by atoms with Crippen molar-refractivity contribution in [2.45, 2.75) is 37.6 Å². The van der Waals surface area contributed by atoms with Gasteiger partial charge in [0.1, 0.15) is 40.8 Å². The SMILES string of the molecule is C[C@H]1O[C@@H](Oc2c(-c3cc(O)c(O)c(O)c3)oc3cc(O)cc(O)c3c2=O)[C@@H](O)[C@@H](O)[C@@H]1O. The first-order valence-corrected chi connectivity index (χ1v) is 9.64. The van der Waals surface area contributed by atoms with Gasteiger partial charge in [0.15, 0.2) is 23.0 Å². The normalized spacial score (nSPS) is 25.3. The van der Waals surface area contributed by atoms with Gasteiger partial charge in [-0.2, -0.15) is 0 Å². The Morgan fingerprint density at radius 2 is 1.48 bits per heavy atom. The summed E-state index contributed by atoms with van der Waals surface area (Å²) in [5.41, 5.74) is -1.45. The topological polar surface area (TPSA) is 211 Å². The number of hydrogen-bond donors (Lipinski definition) is 8. The zero-order chi connectivity index (χ0) is 24.2. The molecule has 0 bridgehead atoms. The molecule has 1 saturated heterocycles. The molecule has 5 atom stereocenters. The number of aliphatic hydroxyl groups is 3. The van der Waals surface area contributed by atoms with Gasteiger partial charge in [0.05, 0.1) is 6.10 Å². The molecule has 4 rings (SSSR count). The molecule has 0 unspecified atom stereocenters. The quantitative estimate of drug-likeness (QED) is 0.244. The molecule has 2 aromatic carbocycles. The number of benzene rings is 2. The largest absolute Gasteiger partial charge is 0.508 e. The van der Waals surface area contributed by atoms with E-state index in [0.717, 1.165) is 24.3 Å². The van der Waals surface area contributed by atoms with Crippen molar-refractivity contribution in [2.24, 2.45) is 0 Å². The van der Waals surface area contributed by atoms with Crippen LogP contribution in [0.4, 0.5) is 0 Å². The second-order valence-corrected chi connectivity index (χ2v) is 7.59. The lowest BCUT2D eigenvalue weighted by atomic mass is 10.00. The molecule has 1 aliphatic heterocycles. The van der Waals surface area contributed by atoms with Gasteiger partial charge >= 0.3 is 0 Å². The van der Waals surface area contributed by atoms with E-state index in [-0.39, 0.29) is 11.1 Å². The van der Waals surface area contributed by atoms with Crippen molar-refractivity contribution in [3.63, 3.8) is 0 Å². The molecule has 33 heavy (non-hydrogen) atoms. The Kier molecular flexibility index (Phi) is 5.46. The summed E-state index contributed by atoms with van der Waals surface area (Å²) in [4.78, 5) is 13.2. The highest BCUT2D eigenvalue weighted by Crippen LogP contribution is 2.43. The van der Waals surface area contributed by atoms with Gasteiger partial charge < -0.3 is 54.7 Å². The van der Waals surface area contributed by atoms with E-state index in [4.69, 9.17) is 13.9 Å². The highest BCUT2D eigenvalue weighted by molar-refractivity contribution is 5.88. The Hall–Kier alpha value is -3.71. The van der Waals surface area contributed by atoms with Crippen molar-refractivity contribution < 1.29 is 54.7 Å². The standard InChI is InChI=1S/C21H20O12/c1-6-14(26)17(29)18(30)21(31-6)33-20-16(28)13-9(23)4-8(22)5-12(13)32-19(20)7-2-10(24)15(27)11(25)3-7/h2-6,14,17-18,21-27,29-30H,1H3/t6-,14-,17+,18+,21+/m1/s1. The van der Waals surface area contributed by atoms with Crippen molar-refractivity contribution in [3.05, 3.63) is 34.5 Å². The van der Waals surface area contributed by atoms with E-state index in [0.29, 0.717) is 0 Å². The van der Waals surface area contributed by atoms with E-state index in [1.165, 1.54) is 6.92 Å². The Morgan fingerprint density at radius 1 is 0.848 bits per heavy atom. The first kappa shape index (κ1) is 22.5. The number of aliphatic hydroxyl groups excluding tert-OH is 3. The molecule has 12 heteroatoms. The summed E-state index contributed by atoms with van der Waals surface area (Å²) in [5, 5.41) is 79.1. The molecule has 176 valence electrons. The molecular formula is C21H20O12.